The third-order valence-electron chi connectivity index (χ3n) is 3.99. The van der Waals surface area contributed by atoms with Crippen molar-refractivity contribution in [2.45, 2.75) is 46.1 Å². The normalized spacial score (nSPS) is 10.8. The Hall–Kier alpha value is -2.43. The van der Waals surface area contributed by atoms with Crippen LogP contribution in [0.5, 0.6) is 17.2 Å². The van der Waals surface area contributed by atoms with Crippen LogP contribution in [0.3, 0.4) is 0 Å². The summed E-state index contributed by atoms with van der Waals surface area (Å²) in [6, 6.07) is 4.98. The summed E-state index contributed by atoms with van der Waals surface area (Å²) >= 11 is 0. The average molecular weight is 345 g/mol. The standard InChI is InChI=1S/C20H27NO4/c1-4-7-11-21-17-14-15(22)9-10-16(17)18(25-13-8-5-2)19(20(21)23)24-12-6-3/h6,9-10,14,22H,3-5,7-8,11-13H2,1-2H3. The van der Waals surface area contributed by atoms with E-state index in [4.69, 9.17) is 9.47 Å². The van der Waals surface area contributed by atoms with Crippen molar-refractivity contribution in [1.82, 2.24) is 4.57 Å². The lowest BCUT2D eigenvalue weighted by Gasteiger charge is -2.18. The Morgan fingerprint density at radius 3 is 2.60 bits per heavy atom. The number of nitrogens with zero attached hydrogens (tertiary/aromatic N) is 1. The Kier molecular flexibility index (Phi) is 6.92. The number of phenolic OH excluding ortho intramolecular Hbond substituents is 1. The fourth-order valence-corrected chi connectivity index (χ4v) is 2.66. The molecule has 0 aliphatic rings. The second-order valence-electron chi connectivity index (χ2n) is 5.97. The van der Waals surface area contributed by atoms with Crippen LogP contribution in [0, 0.1) is 0 Å². The van der Waals surface area contributed by atoms with Crippen molar-refractivity contribution in [1.29, 1.82) is 0 Å². The molecule has 0 unspecified atom stereocenters. The zero-order chi connectivity index (χ0) is 18.2. The van der Waals surface area contributed by atoms with Gasteiger partial charge in [-0.25, -0.2) is 0 Å². The Labute approximate surface area is 148 Å². The molecule has 1 aromatic heterocycles. The van der Waals surface area contributed by atoms with E-state index in [9.17, 15) is 9.90 Å². The number of hydrogen-bond donors (Lipinski definition) is 1. The van der Waals surface area contributed by atoms with Crippen LogP contribution >= 0.6 is 0 Å². The van der Waals surface area contributed by atoms with Gasteiger partial charge in [0.05, 0.1) is 12.1 Å². The summed E-state index contributed by atoms with van der Waals surface area (Å²) in [6.07, 6.45) is 5.31. The first kappa shape index (κ1) is 18.9. The molecule has 0 saturated heterocycles. The first-order valence-corrected chi connectivity index (χ1v) is 8.90. The molecule has 1 aromatic carbocycles. The molecule has 0 saturated carbocycles. The summed E-state index contributed by atoms with van der Waals surface area (Å²) in [5.41, 5.74) is 0.427. The summed E-state index contributed by atoms with van der Waals surface area (Å²) in [5, 5.41) is 10.7. The number of benzene rings is 1. The van der Waals surface area contributed by atoms with Crippen LogP contribution in [0.4, 0.5) is 0 Å². The Morgan fingerprint density at radius 2 is 1.92 bits per heavy atom. The number of hydrogen-bond acceptors (Lipinski definition) is 4. The van der Waals surface area contributed by atoms with Crippen LogP contribution in [0.15, 0.2) is 35.6 Å². The number of rotatable bonds is 10. The molecule has 2 aromatic rings. The highest BCUT2D eigenvalue weighted by Crippen LogP contribution is 2.34. The van der Waals surface area contributed by atoms with Gasteiger partial charge in [0.15, 0.2) is 5.75 Å². The highest BCUT2D eigenvalue weighted by atomic mass is 16.5. The molecule has 1 N–H and O–H groups in total. The van der Waals surface area contributed by atoms with Crippen LogP contribution in [0.2, 0.25) is 0 Å². The van der Waals surface area contributed by atoms with E-state index in [1.165, 1.54) is 0 Å². The van der Waals surface area contributed by atoms with Crippen LogP contribution < -0.4 is 15.0 Å². The smallest absolute Gasteiger partial charge is 0.297 e. The number of aryl methyl sites for hydroxylation is 1. The van der Waals surface area contributed by atoms with E-state index >= 15 is 0 Å². The minimum Gasteiger partial charge on any atom is -0.508 e. The molecule has 136 valence electrons. The van der Waals surface area contributed by atoms with E-state index in [0.29, 0.717) is 24.4 Å². The molecule has 0 radical (unpaired) electrons. The van der Waals surface area contributed by atoms with Crippen molar-refractivity contribution < 1.29 is 14.6 Å². The van der Waals surface area contributed by atoms with Gasteiger partial charge in [0.25, 0.3) is 5.56 Å². The molecule has 1 heterocycles. The van der Waals surface area contributed by atoms with Gasteiger partial charge in [-0.05, 0) is 25.0 Å². The van der Waals surface area contributed by atoms with E-state index in [0.717, 1.165) is 31.1 Å². The Balaban J connectivity index is 2.67. The first-order chi connectivity index (χ1) is 12.1. The second-order valence-corrected chi connectivity index (χ2v) is 5.97. The number of pyridine rings is 1. The lowest BCUT2D eigenvalue weighted by molar-refractivity contribution is 0.278. The lowest BCUT2D eigenvalue weighted by Crippen LogP contribution is -2.24. The molecule has 2 rings (SSSR count). The van der Waals surface area contributed by atoms with Crippen molar-refractivity contribution in [2.75, 3.05) is 13.2 Å². The highest BCUT2D eigenvalue weighted by molar-refractivity contribution is 5.89. The van der Waals surface area contributed by atoms with Crippen molar-refractivity contribution in [3.05, 3.63) is 41.2 Å². The topological polar surface area (TPSA) is 60.7 Å². The first-order valence-electron chi connectivity index (χ1n) is 8.90. The summed E-state index contributed by atoms with van der Waals surface area (Å²) in [7, 11) is 0. The minimum atomic E-state index is -0.236. The molecule has 0 spiro atoms. The number of ether oxygens (including phenoxy) is 2. The fraction of sp³-hybridized carbons (Fsp3) is 0.450. The maximum Gasteiger partial charge on any atom is 0.297 e. The maximum atomic E-state index is 13.0. The number of aromatic nitrogens is 1. The molecule has 0 amide bonds. The number of phenols is 1. The zero-order valence-electron chi connectivity index (χ0n) is 15.1. The van der Waals surface area contributed by atoms with Crippen molar-refractivity contribution >= 4 is 10.9 Å². The zero-order valence-corrected chi connectivity index (χ0v) is 15.1. The van der Waals surface area contributed by atoms with E-state index in [2.05, 4.69) is 20.4 Å². The molecule has 0 bridgehead atoms. The summed E-state index contributed by atoms with van der Waals surface area (Å²) in [5.74, 6) is 0.782. The van der Waals surface area contributed by atoms with Gasteiger partial charge in [0.2, 0.25) is 5.75 Å². The van der Waals surface area contributed by atoms with Crippen molar-refractivity contribution in [3.63, 3.8) is 0 Å². The van der Waals surface area contributed by atoms with E-state index in [1.54, 1.807) is 28.8 Å². The second kappa shape index (κ2) is 9.16. The third-order valence-corrected chi connectivity index (χ3v) is 3.99. The molecule has 5 heteroatoms. The van der Waals surface area contributed by atoms with E-state index in [-0.39, 0.29) is 23.7 Å². The monoisotopic (exact) mass is 345 g/mol. The molecular formula is C20H27NO4. The maximum absolute atomic E-state index is 13.0. The molecule has 25 heavy (non-hydrogen) atoms. The van der Waals surface area contributed by atoms with Gasteiger partial charge in [0, 0.05) is 18.0 Å². The predicted octanol–water partition coefficient (Wildman–Crippen LogP) is 4.25. The van der Waals surface area contributed by atoms with Gasteiger partial charge in [-0.2, -0.15) is 0 Å². The van der Waals surface area contributed by atoms with Gasteiger partial charge < -0.3 is 19.1 Å². The fourth-order valence-electron chi connectivity index (χ4n) is 2.66. The van der Waals surface area contributed by atoms with Gasteiger partial charge >= 0.3 is 0 Å². The van der Waals surface area contributed by atoms with Crippen molar-refractivity contribution in [2.24, 2.45) is 0 Å². The number of unbranched alkanes of at least 4 members (excludes halogenated alkanes) is 2. The molecular weight excluding hydrogens is 318 g/mol. The Morgan fingerprint density at radius 1 is 1.16 bits per heavy atom. The quantitative estimate of drug-likeness (QED) is 0.516. The summed E-state index contributed by atoms with van der Waals surface area (Å²) in [4.78, 5) is 13.0. The molecule has 0 fully saturated rings. The average Bonchev–Trinajstić information content (AvgIpc) is 2.60. The lowest BCUT2D eigenvalue weighted by atomic mass is 10.1. The van der Waals surface area contributed by atoms with Gasteiger partial charge in [-0.1, -0.05) is 39.3 Å². The molecule has 0 aliphatic heterocycles. The van der Waals surface area contributed by atoms with Crippen LogP contribution in [0.1, 0.15) is 39.5 Å². The predicted molar refractivity (Wildman–Crippen MR) is 101 cm³/mol. The molecule has 5 nitrogen and oxygen atoms in total. The SMILES string of the molecule is C=CCOc1c(OCCCC)c2ccc(O)cc2n(CCCC)c1=O. The summed E-state index contributed by atoms with van der Waals surface area (Å²) < 4.78 is 13.2. The molecule has 0 aliphatic carbocycles. The van der Waals surface area contributed by atoms with E-state index in [1.807, 2.05) is 0 Å². The van der Waals surface area contributed by atoms with Crippen LogP contribution in [-0.4, -0.2) is 22.9 Å². The van der Waals surface area contributed by atoms with E-state index < -0.39 is 0 Å². The van der Waals surface area contributed by atoms with Crippen LogP contribution in [0.25, 0.3) is 10.9 Å². The van der Waals surface area contributed by atoms with Gasteiger partial charge in [0.1, 0.15) is 12.4 Å². The third kappa shape index (κ3) is 4.35. The summed E-state index contributed by atoms with van der Waals surface area (Å²) in [6.45, 7) is 9.11. The Bertz CT molecular complexity index is 779. The number of aromatic hydroxyl groups is 1. The van der Waals surface area contributed by atoms with Gasteiger partial charge in [-0.3, -0.25) is 4.79 Å². The number of fused-ring (bicyclic) bond motifs is 1. The molecule has 0 atom stereocenters. The largest absolute Gasteiger partial charge is 0.508 e. The highest BCUT2D eigenvalue weighted by Gasteiger charge is 2.19. The minimum absolute atomic E-state index is 0.122. The van der Waals surface area contributed by atoms with Crippen molar-refractivity contribution in [3.8, 4) is 17.2 Å². The van der Waals surface area contributed by atoms with Gasteiger partial charge in [-0.15, -0.1) is 0 Å². The van der Waals surface area contributed by atoms with Crippen LogP contribution in [-0.2, 0) is 6.54 Å².